The highest BCUT2D eigenvalue weighted by atomic mass is 16.5. The zero-order chi connectivity index (χ0) is 15.9. The monoisotopic (exact) mass is 311 g/mol. The first-order valence-electron chi connectivity index (χ1n) is 8.27. The molecule has 116 valence electrons. The molecule has 0 spiro atoms. The number of para-hydroxylation sites is 2. The van der Waals surface area contributed by atoms with Crippen molar-refractivity contribution >= 4 is 17.5 Å². The molecule has 0 unspecified atom stereocenters. The lowest BCUT2D eigenvalue weighted by molar-refractivity contribution is 0.0302. The second kappa shape index (κ2) is 5.36. The van der Waals surface area contributed by atoms with Gasteiger partial charge in [-0.3, -0.25) is 0 Å². The fraction of sp³-hybridized carbons (Fsp3) is 0.0909. The molecule has 3 aromatic rings. The molecule has 2 atom stereocenters. The van der Waals surface area contributed by atoms with Gasteiger partial charge in [-0.2, -0.15) is 0 Å². The molecule has 0 amide bonds. The summed E-state index contributed by atoms with van der Waals surface area (Å²) < 4.78 is 6.50. The van der Waals surface area contributed by atoms with Gasteiger partial charge in [-0.1, -0.05) is 72.8 Å². The molecule has 0 saturated heterocycles. The van der Waals surface area contributed by atoms with E-state index in [0.29, 0.717) is 0 Å². The molecule has 2 aliphatic heterocycles. The van der Waals surface area contributed by atoms with Crippen LogP contribution in [0.25, 0.3) is 6.08 Å². The van der Waals surface area contributed by atoms with Crippen molar-refractivity contribution in [2.45, 2.75) is 12.3 Å². The maximum Gasteiger partial charge on any atom is 0.155 e. The standard InChI is InChI=1S/C22H17NO/c1-2-9-17(10-3-1)22-18-11-5-7-13-20(18)23-19-12-6-4-8-16(19)14-15-21(23)24-22/h1-15,21-22H/t21-,22+/m0/s1. The second-order valence-corrected chi connectivity index (χ2v) is 6.16. The van der Waals surface area contributed by atoms with Crippen LogP contribution in [0, 0.1) is 0 Å². The van der Waals surface area contributed by atoms with E-state index in [-0.39, 0.29) is 12.3 Å². The lowest BCUT2D eigenvalue weighted by Gasteiger charge is -2.43. The van der Waals surface area contributed by atoms with Crippen molar-refractivity contribution in [3.8, 4) is 0 Å². The molecule has 0 N–H and O–H groups in total. The highest BCUT2D eigenvalue weighted by Gasteiger charge is 2.35. The summed E-state index contributed by atoms with van der Waals surface area (Å²) in [5.41, 5.74) is 6.05. The predicted molar refractivity (Wildman–Crippen MR) is 97.2 cm³/mol. The van der Waals surface area contributed by atoms with Crippen LogP contribution in [0.3, 0.4) is 0 Å². The molecule has 3 aromatic carbocycles. The van der Waals surface area contributed by atoms with Gasteiger partial charge in [-0.05, 0) is 29.3 Å². The maximum atomic E-state index is 6.50. The first-order valence-corrected chi connectivity index (χ1v) is 8.27. The molecule has 24 heavy (non-hydrogen) atoms. The predicted octanol–water partition coefficient (Wildman–Crippen LogP) is 5.30. The van der Waals surface area contributed by atoms with Crippen molar-refractivity contribution in [1.29, 1.82) is 0 Å². The molecule has 5 rings (SSSR count). The third kappa shape index (κ3) is 2.00. The molecule has 0 saturated carbocycles. The number of rotatable bonds is 1. The normalized spacial score (nSPS) is 20.9. The van der Waals surface area contributed by atoms with Crippen molar-refractivity contribution in [2.75, 3.05) is 4.90 Å². The van der Waals surface area contributed by atoms with Gasteiger partial charge in [0, 0.05) is 5.56 Å². The Morgan fingerprint density at radius 2 is 1.42 bits per heavy atom. The number of ether oxygens (including phenoxy) is 1. The van der Waals surface area contributed by atoms with E-state index in [2.05, 4.69) is 89.8 Å². The topological polar surface area (TPSA) is 12.5 Å². The van der Waals surface area contributed by atoms with Gasteiger partial charge in [-0.25, -0.2) is 0 Å². The second-order valence-electron chi connectivity index (χ2n) is 6.16. The Morgan fingerprint density at radius 3 is 2.29 bits per heavy atom. The van der Waals surface area contributed by atoms with Crippen LogP contribution >= 0.6 is 0 Å². The lowest BCUT2D eigenvalue weighted by Crippen LogP contribution is -2.40. The number of anilines is 2. The minimum absolute atomic E-state index is 0.0430. The molecule has 0 fully saturated rings. The minimum atomic E-state index is -0.0833. The molecule has 2 heteroatoms. The third-order valence-corrected chi connectivity index (χ3v) is 4.75. The van der Waals surface area contributed by atoms with E-state index in [1.165, 1.54) is 28.1 Å². The van der Waals surface area contributed by atoms with Crippen LogP contribution in [-0.4, -0.2) is 6.23 Å². The van der Waals surface area contributed by atoms with E-state index in [9.17, 15) is 0 Å². The summed E-state index contributed by atoms with van der Waals surface area (Å²) in [7, 11) is 0. The van der Waals surface area contributed by atoms with E-state index in [1.807, 2.05) is 6.07 Å². The fourth-order valence-corrected chi connectivity index (χ4v) is 3.66. The quantitative estimate of drug-likeness (QED) is 0.605. The smallest absolute Gasteiger partial charge is 0.155 e. The summed E-state index contributed by atoms with van der Waals surface area (Å²) in [4.78, 5) is 2.30. The molecule has 0 radical (unpaired) electrons. The third-order valence-electron chi connectivity index (χ3n) is 4.75. The van der Waals surface area contributed by atoms with Gasteiger partial charge in [0.15, 0.2) is 6.23 Å². The molecule has 0 aliphatic carbocycles. The maximum absolute atomic E-state index is 6.50. The van der Waals surface area contributed by atoms with Crippen LogP contribution < -0.4 is 4.90 Å². The van der Waals surface area contributed by atoms with Crippen molar-refractivity contribution in [1.82, 2.24) is 0 Å². The van der Waals surface area contributed by atoms with Crippen LogP contribution in [0.1, 0.15) is 22.8 Å². The first-order chi connectivity index (χ1) is 11.9. The summed E-state index contributed by atoms with van der Waals surface area (Å²) >= 11 is 0. The number of nitrogens with zero attached hydrogens (tertiary/aromatic N) is 1. The Kier molecular flexibility index (Phi) is 3.03. The largest absolute Gasteiger partial charge is 0.342 e. The average Bonchev–Trinajstić information content (AvgIpc) is 2.67. The molecule has 2 aliphatic rings. The zero-order valence-corrected chi connectivity index (χ0v) is 13.2. The van der Waals surface area contributed by atoms with E-state index in [4.69, 9.17) is 4.74 Å². The number of hydrogen-bond donors (Lipinski definition) is 0. The molecular weight excluding hydrogens is 294 g/mol. The van der Waals surface area contributed by atoms with E-state index in [0.717, 1.165) is 0 Å². The highest BCUT2D eigenvalue weighted by Crippen LogP contribution is 2.46. The van der Waals surface area contributed by atoms with Crippen molar-refractivity contribution in [3.63, 3.8) is 0 Å². The summed E-state index contributed by atoms with van der Waals surface area (Å²) in [6.07, 6.45) is 4.18. The number of fused-ring (bicyclic) bond motifs is 5. The fourth-order valence-electron chi connectivity index (χ4n) is 3.66. The lowest BCUT2D eigenvalue weighted by atomic mass is 9.95. The molecule has 0 bridgehead atoms. The average molecular weight is 311 g/mol. The van der Waals surface area contributed by atoms with E-state index in [1.54, 1.807) is 0 Å². The Labute approximate surface area is 141 Å². The molecular formula is C22H17NO. The summed E-state index contributed by atoms with van der Waals surface area (Å²) in [5.74, 6) is 0. The van der Waals surface area contributed by atoms with Gasteiger partial charge < -0.3 is 9.64 Å². The van der Waals surface area contributed by atoms with Crippen molar-refractivity contribution in [3.05, 3.63) is 102 Å². The summed E-state index contributed by atoms with van der Waals surface area (Å²) in [6.45, 7) is 0. The molecule has 2 heterocycles. The van der Waals surface area contributed by atoms with E-state index < -0.39 is 0 Å². The zero-order valence-electron chi connectivity index (χ0n) is 13.2. The minimum Gasteiger partial charge on any atom is -0.342 e. The van der Waals surface area contributed by atoms with Crippen molar-refractivity contribution in [2.24, 2.45) is 0 Å². The van der Waals surface area contributed by atoms with Gasteiger partial charge in [0.1, 0.15) is 6.10 Å². The van der Waals surface area contributed by atoms with Crippen LogP contribution in [0.15, 0.2) is 84.9 Å². The Bertz CT molecular complexity index is 916. The molecule has 0 aromatic heterocycles. The highest BCUT2D eigenvalue weighted by molar-refractivity contribution is 5.80. The number of hydrogen-bond acceptors (Lipinski definition) is 2. The van der Waals surface area contributed by atoms with Crippen LogP contribution in [0.2, 0.25) is 0 Å². The summed E-state index contributed by atoms with van der Waals surface area (Å²) in [5, 5.41) is 0. The van der Waals surface area contributed by atoms with E-state index >= 15 is 0 Å². The SMILES string of the molecule is C1=C[C@@H]2O[C@H](c3ccccc3)c3ccccc3N2c2ccccc21. The van der Waals surface area contributed by atoms with Crippen molar-refractivity contribution < 1.29 is 4.74 Å². The van der Waals surface area contributed by atoms with Gasteiger partial charge >= 0.3 is 0 Å². The summed E-state index contributed by atoms with van der Waals surface area (Å²) in [6, 6.07) is 27.5. The van der Waals surface area contributed by atoms with Gasteiger partial charge in [0.05, 0.1) is 11.4 Å². The Hall–Kier alpha value is -2.84. The number of benzene rings is 3. The van der Waals surface area contributed by atoms with Crippen LogP contribution in [-0.2, 0) is 4.74 Å². The van der Waals surface area contributed by atoms with Gasteiger partial charge in [-0.15, -0.1) is 0 Å². The van der Waals surface area contributed by atoms with Gasteiger partial charge in [0.25, 0.3) is 0 Å². The molecule has 2 nitrogen and oxygen atoms in total. The Balaban J connectivity index is 1.70. The van der Waals surface area contributed by atoms with Crippen LogP contribution in [0.5, 0.6) is 0 Å². The Morgan fingerprint density at radius 1 is 0.708 bits per heavy atom. The van der Waals surface area contributed by atoms with Gasteiger partial charge in [0.2, 0.25) is 0 Å². The first kappa shape index (κ1) is 13.6. The van der Waals surface area contributed by atoms with Crippen LogP contribution in [0.4, 0.5) is 11.4 Å².